The molecule has 0 fully saturated rings. The van der Waals surface area contributed by atoms with Crippen molar-refractivity contribution in [3.8, 4) is 0 Å². The summed E-state index contributed by atoms with van der Waals surface area (Å²) in [7, 11) is 0. The van der Waals surface area contributed by atoms with Gasteiger partial charge in [0.15, 0.2) is 0 Å². The van der Waals surface area contributed by atoms with Crippen molar-refractivity contribution in [1.29, 1.82) is 0 Å². The Morgan fingerprint density at radius 1 is 1.15 bits per heavy atom. The smallest absolute Gasteiger partial charge is 0.253 e. The molecule has 4 rings (SSSR count). The van der Waals surface area contributed by atoms with Crippen molar-refractivity contribution in [2.45, 2.75) is 45.7 Å². The molecule has 0 bridgehead atoms. The predicted octanol–water partition coefficient (Wildman–Crippen LogP) is 2.63. The van der Waals surface area contributed by atoms with Crippen molar-refractivity contribution < 1.29 is 4.79 Å². The highest BCUT2D eigenvalue weighted by atomic mass is 16.1. The minimum absolute atomic E-state index is 0.0638. The molecule has 6 nitrogen and oxygen atoms in total. The lowest BCUT2D eigenvalue weighted by molar-refractivity contribution is 0.0926. The van der Waals surface area contributed by atoms with E-state index in [1.807, 2.05) is 44.2 Å². The van der Waals surface area contributed by atoms with Crippen molar-refractivity contribution in [2.24, 2.45) is 0 Å². The number of benzene rings is 1. The number of aryl methyl sites for hydroxylation is 3. The maximum Gasteiger partial charge on any atom is 0.253 e. The Hall–Kier alpha value is -3.02. The summed E-state index contributed by atoms with van der Waals surface area (Å²) in [6, 6.07) is 14.0. The topological polar surface area (TPSA) is 72.7 Å². The average Bonchev–Trinajstić information content (AvgIpc) is 3.04. The second-order valence-electron chi connectivity index (χ2n) is 7.10. The van der Waals surface area contributed by atoms with Crippen LogP contribution in [0.4, 0.5) is 0 Å². The fourth-order valence-electron chi connectivity index (χ4n) is 3.60. The molecule has 1 N–H and O–H groups in total. The third-order valence-corrected chi connectivity index (χ3v) is 5.03. The van der Waals surface area contributed by atoms with E-state index in [-0.39, 0.29) is 11.9 Å². The van der Waals surface area contributed by atoms with Crippen LogP contribution in [-0.4, -0.2) is 31.7 Å². The molecule has 0 saturated heterocycles. The lowest BCUT2D eigenvalue weighted by Crippen LogP contribution is -2.41. The molecule has 3 aromatic rings. The van der Waals surface area contributed by atoms with Gasteiger partial charge in [0.1, 0.15) is 11.6 Å². The standard InChI is InChI=1S/C21H23N5O/c1-14-8-10-18(15(2)22-14)21(27)23-17-9-11-19-24-25-20(26(19)13-17)12-16-6-4-3-5-7-16/h3-8,10,17H,9,11-13H2,1-2H3,(H,23,27). The van der Waals surface area contributed by atoms with Crippen LogP contribution in [-0.2, 0) is 19.4 Å². The van der Waals surface area contributed by atoms with Gasteiger partial charge in [-0.05, 0) is 38.0 Å². The molecule has 1 unspecified atom stereocenters. The normalized spacial score (nSPS) is 16.0. The number of pyridine rings is 1. The quantitative estimate of drug-likeness (QED) is 0.775. The zero-order valence-corrected chi connectivity index (χ0v) is 15.6. The predicted molar refractivity (Wildman–Crippen MR) is 103 cm³/mol. The number of amides is 1. The van der Waals surface area contributed by atoms with Gasteiger partial charge in [0, 0.05) is 31.1 Å². The molecule has 1 amide bonds. The molecule has 6 heteroatoms. The Kier molecular flexibility index (Phi) is 4.71. The van der Waals surface area contributed by atoms with Crippen molar-refractivity contribution in [3.63, 3.8) is 0 Å². The van der Waals surface area contributed by atoms with Crippen molar-refractivity contribution in [2.75, 3.05) is 0 Å². The van der Waals surface area contributed by atoms with E-state index in [0.717, 1.165) is 42.3 Å². The number of hydrogen-bond donors (Lipinski definition) is 1. The second-order valence-corrected chi connectivity index (χ2v) is 7.10. The largest absolute Gasteiger partial charge is 0.347 e. The van der Waals surface area contributed by atoms with E-state index >= 15 is 0 Å². The summed E-state index contributed by atoms with van der Waals surface area (Å²) in [6.07, 6.45) is 2.43. The highest BCUT2D eigenvalue weighted by Crippen LogP contribution is 2.18. The van der Waals surface area contributed by atoms with Crippen LogP contribution in [0.1, 0.15) is 45.4 Å². The maximum atomic E-state index is 12.7. The number of nitrogens with one attached hydrogen (secondary N) is 1. The van der Waals surface area contributed by atoms with Gasteiger partial charge in [0.05, 0.1) is 11.3 Å². The van der Waals surface area contributed by atoms with E-state index in [9.17, 15) is 4.79 Å². The summed E-state index contributed by atoms with van der Waals surface area (Å²) in [4.78, 5) is 17.1. The van der Waals surface area contributed by atoms with Crippen LogP contribution in [0.3, 0.4) is 0 Å². The summed E-state index contributed by atoms with van der Waals surface area (Å²) in [5, 5.41) is 11.9. The minimum Gasteiger partial charge on any atom is -0.347 e. The molecule has 3 heterocycles. The van der Waals surface area contributed by atoms with E-state index < -0.39 is 0 Å². The van der Waals surface area contributed by atoms with Gasteiger partial charge in [0.2, 0.25) is 0 Å². The summed E-state index contributed by atoms with van der Waals surface area (Å²) in [5.74, 6) is 1.88. The number of carbonyl (C=O) groups excluding carboxylic acids is 1. The van der Waals surface area contributed by atoms with Crippen LogP contribution < -0.4 is 5.32 Å². The molecule has 0 radical (unpaired) electrons. The van der Waals surface area contributed by atoms with Crippen molar-refractivity contribution >= 4 is 5.91 Å². The number of carbonyl (C=O) groups is 1. The molecule has 1 atom stereocenters. The Morgan fingerprint density at radius 3 is 2.74 bits per heavy atom. The van der Waals surface area contributed by atoms with Crippen LogP contribution in [0, 0.1) is 13.8 Å². The minimum atomic E-state index is -0.0638. The fourth-order valence-corrected chi connectivity index (χ4v) is 3.60. The summed E-state index contributed by atoms with van der Waals surface area (Å²) < 4.78 is 2.15. The molecule has 1 aliphatic rings. The van der Waals surface area contributed by atoms with Gasteiger partial charge >= 0.3 is 0 Å². The second kappa shape index (κ2) is 7.31. The molecule has 27 heavy (non-hydrogen) atoms. The SMILES string of the molecule is Cc1ccc(C(=O)NC2CCc3nnc(Cc4ccccc4)n3C2)c(C)n1. The van der Waals surface area contributed by atoms with Gasteiger partial charge in [-0.15, -0.1) is 10.2 Å². The fraction of sp³-hybridized carbons (Fsp3) is 0.333. The first-order chi connectivity index (χ1) is 13.1. The molecule has 138 valence electrons. The number of hydrogen-bond acceptors (Lipinski definition) is 4. The average molecular weight is 361 g/mol. The van der Waals surface area contributed by atoms with Gasteiger partial charge in [-0.3, -0.25) is 9.78 Å². The van der Waals surface area contributed by atoms with Crippen molar-refractivity contribution in [1.82, 2.24) is 25.1 Å². The summed E-state index contributed by atoms with van der Waals surface area (Å²) in [6.45, 7) is 4.50. The van der Waals surface area contributed by atoms with Gasteiger partial charge in [0.25, 0.3) is 5.91 Å². The Bertz CT molecular complexity index is 964. The molecule has 0 spiro atoms. The van der Waals surface area contributed by atoms with E-state index in [1.54, 1.807) is 0 Å². The van der Waals surface area contributed by atoms with Gasteiger partial charge in [-0.2, -0.15) is 0 Å². The summed E-state index contributed by atoms with van der Waals surface area (Å²) >= 11 is 0. The van der Waals surface area contributed by atoms with Gasteiger partial charge in [-0.25, -0.2) is 0 Å². The van der Waals surface area contributed by atoms with Crippen LogP contribution in [0.5, 0.6) is 0 Å². The van der Waals surface area contributed by atoms with Crippen LogP contribution in [0.15, 0.2) is 42.5 Å². The zero-order chi connectivity index (χ0) is 18.8. The van der Waals surface area contributed by atoms with E-state index in [0.29, 0.717) is 12.1 Å². The van der Waals surface area contributed by atoms with Crippen LogP contribution in [0.25, 0.3) is 0 Å². The first kappa shape index (κ1) is 17.4. The number of fused-ring (bicyclic) bond motifs is 1. The van der Waals surface area contributed by atoms with E-state index in [1.165, 1.54) is 5.56 Å². The van der Waals surface area contributed by atoms with Gasteiger partial charge < -0.3 is 9.88 Å². The number of nitrogens with zero attached hydrogens (tertiary/aromatic N) is 4. The molecule has 2 aromatic heterocycles. The van der Waals surface area contributed by atoms with E-state index in [4.69, 9.17) is 0 Å². The molecule has 1 aromatic carbocycles. The first-order valence-corrected chi connectivity index (χ1v) is 9.30. The third-order valence-electron chi connectivity index (χ3n) is 5.03. The number of rotatable bonds is 4. The maximum absolute atomic E-state index is 12.7. The lowest BCUT2D eigenvalue weighted by atomic mass is 10.1. The first-order valence-electron chi connectivity index (χ1n) is 9.30. The van der Waals surface area contributed by atoms with Crippen molar-refractivity contribution in [3.05, 3.63) is 76.6 Å². The lowest BCUT2D eigenvalue weighted by Gasteiger charge is -2.25. The molecule has 0 saturated carbocycles. The highest BCUT2D eigenvalue weighted by molar-refractivity contribution is 5.95. The van der Waals surface area contributed by atoms with Crippen LogP contribution >= 0.6 is 0 Å². The Labute approximate surface area is 158 Å². The van der Waals surface area contributed by atoms with E-state index in [2.05, 4.69) is 37.2 Å². The summed E-state index contributed by atoms with van der Waals surface area (Å²) in [5.41, 5.74) is 3.53. The third kappa shape index (κ3) is 3.74. The molecular weight excluding hydrogens is 338 g/mol. The molecular formula is C21H23N5O. The highest BCUT2D eigenvalue weighted by Gasteiger charge is 2.25. The molecule has 1 aliphatic heterocycles. The Balaban J connectivity index is 1.48. The van der Waals surface area contributed by atoms with Gasteiger partial charge in [-0.1, -0.05) is 30.3 Å². The number of aromatic nitrogens is 4. The van der Waals surface area contributed by atoms with Crippen LogP contribution in [0.2, 0.25) is 0 Å². The Morgan fingerprint density at radius 2 is 1.96 bits per heavy atom. The molecule has 0 aliphatic carbocycles. The monoisotopic (exact) mass is 361 g/mol. The zero-order valence-electron chi connectivity index (χ0n) is 15.6.